The maximum Gasteiger partial charge on any atom is 0.262 e. The van der Waals surface area contributed by atoms with E-state index in [0.717, 1.165) is 36.1 Å². The third kappa shape index (κ3) is 2.65. The summed E-state index contributed by atoms with van der Waals surface area (Å²) in [7, 11) is 0. The molecular weight excluding hydrogens is 327 g/mol. The lowest BCUT2D eigenvalue weighted by Crippen LogP contribution is -2.24. The molecule has 0 saturated heterocycles. The van der Waals surface area contributed by atoms with Crippen molar-refractivity contribution in [2.75, 3.05) is 0 Å². The van der Waals surface area contributed by atoms with E-state index in [2.05, 4.69) is 4.98 Å². The SMILES string of the molecule is O=c1c2c3c(sc2ncn1CC(O)c1ccc(F)cc1)CCCC3. The predicted octanol–water partition coefficient (Wildman–Crippen LogP) is 3.21. The van der Waals surface area contributed by atoms with Crippen molar-refractivity contribution in [2.45, 2.75) is 38.3 Å². The van der Waals surface area contributed by atoms with Gasteiger partial charge in [-0.25, -0.2) is 9.37 Å². The minimum absolute atomic E-state index is 0.0967. The van der Waals surface area contributed by atoms with Gasteiger partial charge >= 0.3 is 0 Å². The van der Waals surface area contributed by atoms with E-state index in [1.54, 1.807) is 11.3 Å². The van der Waals surface area contributed by atoms with E-state index in [1.807, 2.05) is 0 Å². The molecule has 0 fully saturated rings. The minimum Gasteiger partial charge on any atom is -0.387 e. The number of benzene rings is 1. The maximum atomic E-state index is 13.0. The molecule has 2 aromatic heterocycles. The van der Waals surface area contributed by atoms with Gasteiger partial charge in [-0.2, -0.15) is 0 Å². The van der Waals surface area contributed by atoms with E-state index in [1.165, 1.54) is 40.0 Å². The van der Waals surface area contributed by atoms with Crippen LogP contribution in [0.25, 0.3) is 10.2 Å². The Morgan fingerprint density at radius 3 is 2.79 bits per heavy atom. The van der Waals surface area contributed by atoms with Crippen LogP contribution in [0.15, 0.2) is 35.4 Å². The number of halogens is 1. The highest BCUT2D eigenvalue weighted by atomic mass is 32.1. The Morgan fingerprint density at radius 1 is 1.25 bits per heavy atom. The molecule has 0 amide bonds. The van der Waals surface area contributed by atoms with Crippen molar-refractivity contribution >= 4 is 21.6 Å². The highest BCUT2D eigenvalue weighted by molar-refractivity contribution is 7.18. The van der Waals surface area contributed by atoms with Gasteiger partial charge < -0.3 is 5.11 Å². The molecular formula is C18H17FN2O2S. The van der Waals surface area contributed by atoms with Gasteiger partial charge in [0.1, 0.15) is 10.6 Å². The van der Waals surface area contributed by atoms with Crippen molar-refractivity contribution in [3.05, 3.63) is 62.8 Å². The van der Waals surface area contributed by atoms with Crippen LogP contribution >= 0.6 is 11.3 Å². The predicted molar refractivity (Wildman–Crippen MR) is 91.9 cm³/mol. The van der Waals surface area contributed by atoms with Gasteiger partial charge in [0.25, 0.3) is 5.56 Å². The van der Waals surface area contributed by atoms with Crippen LogP contribution in [-0.2, 0) is 19.4 Å². The molecule has 1 N–H and O–H groups in total. The molecule has 0 radical (unpaired) electrons. The Hall–Kier alpha value is -2.05. The second-order valence-corrected chi connectivity index (χ2v) is 7.24. The number of aliphatic hydroxyl groups excluding tert-OH is 1. The fourth-order valence-corrected chi connectivity index (χ4v) is 4.51. The smallest absolute Gasteiger partial charge is 0.262 e. The second-order valence-electron chi connectivity index (χ2n) is 6.16. The Kier molecular flexibility index (Phi) is 3.94. The van der Waals surface area contributed by atoms with Crippen molar-refractivity contribution < 1.29 is 9.50 Å². The zero-order valence-electron chi connectivity index (χ0n) is 13.0. The number of fused-ring (bicyclic) bond motifs is 3. The number of rotatable bonds is 3. The molecule has 2 heterocycles. The van der Waals surface area contributed by atoms with Crippen molar-refractivity contribution in [2.24, 2.45) is 0 Å². The molecule has 0 saturated carbocycles. The Bertz CT molecular complexity index is 946. The molecule has 1 aliphatic rings. The van der Waals surface area contributed by atoms with Crippen LogP contribution in [0.2, 0.25) is 0 Å². The van der Waals surface area contributed by atoms with E-state index in [-0.39, 0.29) is 17.9 Å². The van der Waals surface area contributed by atoms with E-state index in [9.17, 15) is 14.3 Å². The van der Waals surface area contributed by atoms with Crippen molar-refractivity contribution in [1.29, 1.82) is 0 Å². The normalized spacial score (nSPS) is 15.4. The summed E-state index contributed by atoms with van der Waals surface area (Å²) in [5, 5.41) is 11.1. The lowest BCUT2D eigenvalue weighted by molar-refractivity contribution is 0.155. The molecule has 1 atom stereocenters. The standard InChI is InChI=1S/C18H17FN2O2S/c19-12-7-5-11(6-8-12)14(22)9-21-10-20-17-16(18(21)23)13-3-1-2-4-15(13)24-17/h5-8,10,14,22H,1-4,9H2. The monoisotopic (exact) mass is 344 g/mol. The average molecular weight is 344 g/mol. The first kappa shape index (κ1) is 15.5. The van der Waals surface area contributed by atoms with Crippen LogP contribution in [0.5, 0.6) is 0 Å². The summed E-state index contributed by atoms with van der Waals surface area (Å²) in [5.41, 5.74) is 1.63. The molecule has 0 aliphatic heterocycles. The fraction of sp³-hybridized carbons (Fsp3) is 0.333. The Morgan fingerprint density at radius 2 is 2.00 bits per heavy atom. The zero-order valence-corrected chi connectivity index (χ0v) is 13.9. The second kappa shape index (κ2) is 6.11. The molecule has 1 unspecified atom stereocenters. The van der Waals surface area contributed by atoms with Crippen molar-refractivity contribution in [1.82, 2.24) is 9.55 Å². The zero-order chi connectivity index (χ0) is 16.7. The molecule has 4 rings (SSSR count). The topological polar surface area (TPSA) is 55.1 Å². The van der Waals surface area contributed by atoms with Gasteiger partial charge in [0.2, 0.25) is 0 Å². The summed E-state index contributed by atoms with van der Waals surface area (Å²) in [6.07, 6.45) is 4.84. The molecule has 3 aromatic rings. The van der Waals surface area contributed by atoms with Crippen molar-refractivity contribution in [3.8, 4) is 0 Å². The number of hydrogen-bond donors (Lipinski definition) is 1. The van der Waals surface area contributed by atoms with Gasteiger partial charge in [-0.15, -0.1) is 11.3 Å². The molecule has 1 aromatic carbocycles. The molecule has 1 aliphatic carbocycles. The van der Waals surface area contributed by atoms with Gasteiger partial charge in [0.05, 0.1) is 24.4 Å². The van der Waals surface area contributed by atoms with Crippen LogP contribution in [0.4, 0.5) is 4.39 Å². The summed E-state index contributed by atoms with van der Waals surface area (Å²) >= 11 is 1.61. The number of nitrogens with zero attached hydrogens (tertiary/aromatic N) is 2. The minimum atomic E-state index is -0.878. The van der Waals surface area contributed by atoms with Crippen LogP contribution in [0.3, 0.4) is 0 Å². The largest absolute Gasteiger partial charge is 0.387 e. The lowest BCUT2D eigenvalue weighted by atomic mass is 9.97. The van der Waals surface area contributed by atoms with E-state index < -0.39 is 6.10 Å². The highest BCUT2D eigenvalue weighted by Gasteiger charge is 2.20. The Balaban J connectivity index is 1.70. The van der Waals surface area contributed by atoms with Crippen LogP contribution < -0.4 is 5.56 Å². The first-order chi connectivity index (χ1) is 11.6. The number of aliphatic hydroxyl groups is 1. The van der Waals surface area contributed by atoms with E-state index in [0.29, 0.717) is 10.9 Å². The van der Waals surface area contributed by atoms with E-state index >= 15 is 0 Å². The van der Waals surface area contributed by atoms with Gasteiger partial charge in [-0.05, 0) is 48.9 Å². The first-order valence-electron chi connectivity index (χ1n) is 8.06. The number of aromatic nitrogens is 2. The fourth-order valence-electron chi connectivity index (χ4n) is 3.29. The van der Waals surface area contributed by atoms with E-state index in [4.69, 9.17) is 0 Å². The number of hydrogen-bond acceptors (Lipinski definition) is 4. The van der Waals surface area contributed by atoms with Crippen LogP contribution in [0.1, 0.15) is 34.9 Å². The van der Waals surface area contributed by atoms with Gasteiger partial charge in [0, 0.05) is 4.88 Å². The average Bonchev–Trinajstić information content (AvgIpc) is 2.97. The van der Waals surface area contributed by atoms with Gasteiger partial charge in [0.15, 0.2) is 0 Å². The summed E-state index contributed by atoms with van der Waals surface area (Å²) in [4.78, 5) is 19.3. The summed E-state index contributed by atoms with van der Waals surface area (Å²) in [5.74, 6) is -0.351. The third-order valence-electron chi connectivity index (χ3n) is 4.57. The maximum absolute atomic E-state index is 13.0. The molecule has 6 heteroatoms. The molecule has 4 nitrogen and oxygen atoms in total. The Labute approximate surface area is 142 Å². The van der Waals surface area contributed by atoms with Crippen molar-refractivity contribution in [3.63, 3.8) is 0 Å². The highest BCUT2D eigenvalue weighted by Crippen LogP contribution is 2.33. The summed E-state index contributed by atoms with van der Waals surface area (Å²) in [6.45, 7) is 0.109. The quantitative estimate of drug-likeness (QED) is 0.794. The summed E-state index contributed by atoms with van der Waals surface area (Å²) < 4.78 is 14.5. The van der Waals surface area contributed by atoms with Crippen LogP contribution in [-0.4, -0.2) is 14.7 Å². The number of aryl methyl sites for hydroxylation is 2. The van der Waals surface area contributed by atoms with Gasteiger partial charge in [-0.3, -0.25) is 9.36 Å². The van der Waals surface area contributed by atoms with Gasteiger partial charge in [-0.1, -0.05) is 12.1 Å². The molecule has 0 bridgehead atoms. The third-order valence-corrected chi connectivity index (χ3v) is 5.77. The summed E-state index contributed by atoms with van der Waals surface area (Å²) in [6, 6.07) is 5.67. The molecule has 0 spiro atoms. The van der Waals surface area contributed by atoms with Crippen LogP contribution in [0, 0.1) is 5.82 Å². The number of thiophene rings is 1. The molecule has 124 valence electrons. The lowest BCUT2D eigenvalue weighted by Gasteiger charge is -2.13. The first-order valence-corrected chi connectivity index (χ1v) is 8.88. The molecule has 24 heavy (non-hydrogen) atoms.